The summed E-state index contributed by atoms with van der Waals surface area (Å²) < 4.78 is 5.06. The number of carbonyl (C=O) groups excluding carboxylic acids is 1. The van der Waals surface area contributed by atoms with Crippen LogP contribution >= 0.6 is 0 Å². The van der Waals surface area contributed by atoms with Crippen LogP contribution in [0.2, 0.25) is 0 Å². The van der Waals surface area contributed by atoms with E-state index in [9.17, 15) is 4.79 Å². The summed E-state index contributed by atoms with van der Waals surface area (Å²) in [6.45, 7) is 5.53. The SMILES string of the molecule is CNc1cc(C)ncc1C(=O)Nc1onc(C)c1C. The van der Waals surface area contributed by atoms with E-state index >= 15 is 0 Å². The molecule has 19 heavy (non-hydrogen) atoms. The van der Waals surface area contributed by atoms with Crippen LogP contribution in [0.5, 0.6) is 0 Å². The number of hydrogen-bond acceptors (Lipinski definition) is 5. The third-order valence-electron chi connectivity index (χ3n) is 2.94. The quantitative estimate of drug-likeness (QED) is 0.885. The highest BCUT2D eigenvalue weighted by molar-refractivity contribution is 6.07. The largest absolute Gasteiger partial charge is 0.387 e. The number of nitrogens with one attached hydrogen (secondary N) is 2. The fourth-order valence-electron chi connectivity index (χ4n) is 1.65. The fourth-order valence-corrected chi connectivity index (χ4v) is 1.65. The second-order valence-corrected chi connectivity index (χ2v) is 4.30. The Kier molecular flexibility index (Phi) is 3.50. The van der Waals surface area contributed by atoms with Crippen LogP contribution in [0.1, 0.15) is 27.3 Å². The number of nitrogens with zero attached hydrogens (tertiary/aromatic N) is 2. The van der Waals surface area contributed by atoms with Crippen LogP contribution in [0, 0.1) is 20.8 Å². The summed E-state index contributed by atoms with van der Waals surface area (Å²) in [5, 5.41) is 9.47. The van der Waals surface area contributed by atoms with Gasteiger partial charge in [0.15, 0.2) is 0 Å². The lowest BCUT2D eigenvalue weighted by atomic mass is 10.2. The predicted molar refractivity (Wildman–Crippen MR) is 72.5 cm³/mol. The predicted octanol–water partition coefficient (Wildman–Crippen LogP) is 2.29. The van der Waals surface area contributed by atoms with Crippen molar-refractivity contribution < 1.29 is 9.32 Å². The number of hydrogen-bond donors (Lipinski definition) is 2. The van der Waals surface area contributed by atoms with Crippen molar-refractivity contribution in [1.82, 2.24) is 10.1 Å². The first-order chi connectivity index (χ1) is 9.02. The molecule has 6 heteroatoms. The molecule has 0 aliphatic carbocycles. The maximum atomic E-state index is 12.2. The summed E-state index contributed by atoms with van der Waals surface area (Å²) >= 11 is 0. The molecular formula is C13H16N4O2. The second kappa shape index (κ2) is 5.09. The molecule has 2 aromatic rings. The molecule has 0 spiro atoms. The van der Waals surface area contributed by atoms with Gasteiger partial charge in [-0.2, -0.15) is 0 Å². The lowest BCUT2D eigenvalue weighted by Crippen LogP contribution is -2.15. The monoisotopic (exact) mass is 260 g/mol. The molecule has 6 nitrogen and oxygen atoms in total. The van der Waals surface area contributed by atoms with Gasteiger partial charge in [0.1, 0.15) is 0 Å². The Bertz CT molecular complexity index is 619. The lowest BCUT2D eigenvalue weighted by Gasteiger charge is -2.08. The summed E-state index contributed by atoms with van der Waals surface area (Å²) in [5.41, 5.74) is 3.60. The minimum atomic E-state index is -0.281. The van der Waals surface area contributed by atoms with Crippen LogP contribution in [-0.2, 0) is 0 Å². The maximum Gasteiger partial charge on any atom is 0.261 e. The Balaban J connectivity index is 2.27. The van der Waals surface area contributed by atoms with Crippen molar-refractivity contribution in [1.29, 1.82) is 0 Å². The molecule has 2 heterocycles. The summed E-state index contributed by atoms with van der Waals surface area (Å²) in [6, 6.07) is 1.81. The van der Waals surface area contributed by atoms with Gasteiger partial charge in [-0.05, 0) is 26.8 Å². The zero-order valence-electron chi connectivity index (χ0n) is 11.4. The van der Waals surface area contributed by atoms with Crippen molar-refractivity contribution in [3.63, 3.8) is 0 Å². The van der Waals surface area contributed by atoms with E-state index in [4.69, 9.17) is 4.52 Å². The van der Waals surface area contributed by atoms with E-state index in [0.29, 0.717) is 11.4 Å². The van der Waals surface area contributed by atoms with Crippen LogP contribution in [0.25, 0.3) is 0 Å². The highest BCUT2D eigenvalue weighted by Crippen LogP contribution is 2.21. The minimum Gasteiger partial charge on any atom is -0.387 e. The fraction of sp³-hybridized carbons (Fsp3) is 0.308. The highest BCUT2D eigenvalue weighted by atomic mass is 16.5. The number of carbonyl (C=O) groups is 1. The van der Waals surface area contributed by atoms with Crippen LogP contribution < -0.4 is 10.6 Å². The van der Waals surface area contributed by atoms with Gasteiger partial charge in [0.25, 0.3) is 5.91 Å². The van der Waals surface area contributed by atoms with E-state index in [0.717, 1.165) is 22.6 Å². The van der Waals surface area contributed by atoms with Gasteiger partial charge in [0.2, 0.25) is 5.88 Å². The molecule has 2 rings (SSSR count). The van der Waals surface area contributed by atoms with Crippen LogP contribution in [-0.4, -0.2) is 23.1 Å². The average Bonchev–Trinajstić information content (AvgIpc) is 2.70. The Morgan fingerprint density at radius 2 is 2.05 bits per heavy atom. The first-order valence-corrected chi connectivity index (χ1v) is 5.91. The Morgan fingerprint density at radius 1 is 1.32 bits per heavy atom. The maximum absolute atomic E-state index is 12.2. The van der Waals surface area contributed by atoms with Crippen molar-refractivity contribution >= 4 is 17.5 Å². The standard InChI is InChI=1S/C13H16N4O2/c1-7-5-11(14-4)10(6-15-7)12(18)16-13-8(2)9(3)17-19-13/h5-6H,1-4H3,(H,14,15)(H,16,18). The van der Waals surface area contributed by atoms with E-state index < -0.39 is 0 Å². The van der Waals surface area contributed by atoms with Gasteiger partial charge in [0.05, 0.1) is 16.9 Å². The Labute approximate surface area is 111 Å². The number of aromatic nitrogens is 2. The van der Waals surface area contributed by atoms with Crippen LogP contribution in [0.15, 0.2) is 16.8 Å². The van der Waals surface area contributed by atoms with Crippen molar-refractivity contribution in [3.05, 3.63) is 34.8 Å². The number of anilines is 2. The van der Waals surface area contributed by atoms with Crippen molar-refractivity contribution in [3.8, 4) is 0 Å². The molecule has 0 bridgehead atoms. The minimum absolute atomic E-state index is 0.281. The van der Waals surface area contributed by atoms with Gasteiger partial charge in [-0.25, -0.2) is 0 Å². The molecule has 2 N–H and O–H groups in total. The molecule has 0 saturated heterocycles. The average molecular weight is 260 g/mol. The summed E-state index contributed by atoms with van der Waals surface area (Å²) in [4.78, 5) is 16.3. The van der Waals surface area contributed by atoms with Gasteiger partial charge in [-0.3, -0.25) is 15.1 Å². The summed E-state index contributed by atoms with van der Waals surface area (Å²) in [6.07, 6.45) is 1.54. The lowest BCUT2D eigenvalue weighted by molar-refractivity contribution is 0.102. The summed E-state index contributed by atoms with van der Waals surface area (Å²) in [5.74, 6) is 0.0845. The van der Waals surface area contributed by atoms with Gasteiger partial charge in [0, 0.05) is 24.5 Å². The van der Waals surface area contributed by atoms with E-state index in [1.807, 2.05) is 26.8 Å². The van der Waals surface area contributed by atoms with Gasteiger partial charge >= 0.3 is 0 Å². The van der Waals surface area contributed by atoms with E-state index in [1.54, 1.807) is 7.05 Å². The van der Waals surface area contributed by atoms with Crippen molar-refractivity contribution in [2.45, 2.75) is 20.8 Å². The Hall–Kier alpha value is -2.37. The number of pyridine rings is 1. The molecule has 0 aliphatic heterocycles. The van der Waals surface area contributed by atoms with Crippen molar-refractivity contribution in [2.24, 2.45) is 0 Å². The van der Waals surface area contributed by atoms with Crippen molar-refractivity contribution in [2.75, 3.05) is 17.7 Å². The zero-order valence-corrected chi connectivity index (χ0v) is 11.4. The molecule has 0 aliphatic rings. The molecule has 1 amide bonds. The number of aryl methyl sites for hydroxylation is 2. The van der Waals surface area contributed by atoms with Gasteiger partial charge in [-0.15, -0.1) is 0 Å². The van der Waals surface area contributed by atoms with E-state index in [-0.39, 0.29) is 5.91 Å². The van der Waals surface area contributed by atoms with Crippen LogP contribution in [0.4, 0.5) is 11.6 Å². The van der Waals surface area contributed by atoms with E-state index in [2.05, 4.69) is 20.8 Å². The second-order valence-electron chi connectivity index (χ2n) is 4.30. The molecular weight excluding hydrogens is 244 g/mol. The first-order valence-electron chi connectivity index (χ1n) is 5.91. The molecule has 0 unspecified atom stereocenters. The highest BCUT2D eigenvalue weighted by Gasteiger charge is 2.16. The smallest absolute Gasteiger partial charge is 0.261 e. The molecule has 0 aromatic carbocycles. The zero-order chi connectivity index (χ0) is 14.0. The molecule has 2 aromatic heterocycles. The third kappa shape index (κ3) is 2.57. The molecule has 100 valence electrons. The number of rotatable bonds is 3. The molecule has 0 radical (unpaired) electrons. The van der Waals surface area contributed by atoms with E-state index in [1.165, 1.54) is 6.20 Å². The topological polar surface area (TPSA) is 80.0 Å². The number of amides is 1. The molecule has 0 fully saturated rings. The van der Waals surface area contributed by atoms with Crippen LogP contribution in [0.3, 0.4) is 0 Å². The third-order valence-corrected chi connectivity index (χ3v) is 2.94. The first kappa shape index (κ1) is 13.1. The normalized spacial score (nSPS) is 10.3. The molecule has 0 atom stereocenters. The molecule has 0 saturated carbocycles. The Morgan fingerprint density at radius 3 is 2.63 bits per heavy atom. The summed E-state index contributed by atoms with van der Waals surface area (Å²) in [7, 11) is 1.76. The van der Waals surface area contributed by atoms with Gasteiger partial charge < -0.3 is 9.84 Å². The van der Waals surface area contributed by atoms with Gasteiger partial charge in [-0.1, -0.05) is 5.16 Å².